The third kappa shape index (κ3) is 5.92. The van der Waals surface area contributed by atoms with Crippen molar-refractivity contribution >= 4 is 29.6 Å². The number of thioether (sulfide) groups is 1. The van der Waals surface area contributed by atoms with Crippen molar-refractivity contribution in [3.8, 4) is 0 Å². The molecule has 1 aromatic rings. The highest BCUT2D eigenvalue weighted by molar-refractivity contribution is 8.06. The lowest BCUT2D eigenvalue weighted by Gasteiger charge is -2.14. The molecule has 6 N–H and O–H groups in total. The summed E-state index contributed by atoms with van der Waals surface area (Å²) >= 11 is 0.737. The number of hydrogen-bond donors (Lipinski definition) is 4. The van der Waals surface area contributed by atoms with Crippen molar-refractivity contribution in [2.75, 3.05) is 0 Å². The second kappa shape index (κ2) is 8.83. The zero-order valence-corrected chi connectivity index (χ0v) is 14.0. The number of rotatable bonds is 7. The molecule has 0 radical (unpaired) electrons. The maximum absolute atomic E-state index is 13.2. The van der Waals surface area contributed by atoms with Gasteiger partial charge >= 0.3 is 6.03 Å². The van der Waals surface area contributed by atoms with Gasteiger partial charge in [-0.3, -0.25) is 9.59 Å². The molecular weight excluding hydrogens is 354 g/mol. The number of primary amides is 2. The quantitative estimate of drug-likeness (QED) is 0.544. The first-order valence-electron chi connectivity index (χ1n) is 6.88. The average molecular weight is 370 g/mol. The Morgan fingerprint density at radius 3 is 2.28 bits per heavy atom. The van der Waals surface area contributed by atoms with Crippen LogP contribution in [0, 0.1) is 11.6 Å². The number of hydrogen-bond acceptors (Lipinski definition) is 4. The lowest BCUT2D eigenvalue weighted by Crippen LogP contribution is -2.31. The number of carbonyl (C=O) groups is 3. The van der Waals surface area contributed by atoms with Gasteiger partial charge < -0.3 is 22.1 Å². The fraction of sp³-hybridized carbons (Fsp3) is 0.133. The van der Waals surface area contributed by atoms with Gasteiger partial charge in [0.1, 0.15) is 0 Å². The number of urea groups is 1. The van der Waals surface area contributed by atoms with Crippen LogP contribution in [0.15, 0.2) is 40.4 Å². The van der Waals surface area contributed by atoms with Crippen LogP contribution < -0.4 is 22.1 Å². The lowest BCUT2D eigenvalue weighted by molar-refractivity contribution is -0.114. The second-order valence-electron chi connectivity index (χ2n) is 4.62. The standard InChI is InChI=1S/C15H16F2N4O3S/c1-3-9(12(18)22)14(21-15(19)24)25-7(2)20-13(23)8-4-5-10(16)11(17)6-8/h4-6H,2-3H2,1H3,(H2,18,22)(H,20,23)(H3,19,21,24)/b14-9+. The minimum Gasteiger partial charge on any atom is -0.366 e. The fourth-order valence-electron chi connectivity index (χ4n) is 1.71. The molecule has 0 saturated carbocycles. The predicted octanol–water partition coefficient (Wildman–Crippen LogP) is 1.67. The molecule has 0 heterocycles. The van der Waals surface area contributed by atoms with E-state index in [4.69, 9.17) is 11.5 Å². The van der Waals surface area contributed by atoms with E-state index in [0.717, 1.165) is 30.0 Å². The largest absolute Gasteiger partial charge is 0.366 e. The Morgan fingerprint density at radius 2 is 1.80 bits per heavy atom. The Balaban J connectivity index is 2.93. The van der Waals surface area contributed by atoms with Crippen molar-refractivity contribution in [1.82, 2.24) is 10.6 Å². The van der Waals surface area contributed by atoms with E-state index in [1.165, 1.54) is 0 Å². The molecule has 0 aromatic heterocycles. The van der Waals surface area contributed by atoms with Crippen LogP contribution in [0.1, 0.15) is 23.7 Å². The van der Waals surface area contributed by atoms with Crippen LogP contribution in [0.3, 0.4) is 0 Å². The van der Waals surface area contributed by atoms with E-state index in [2.05, 4.69) is 17.2 Å². The highest BCUT2D eigenvalue weighted by atomic mass is 32.2. The highest BCUT2D eigenvalue weighted by Gasteiger charge is 2.17. The van der Waals surface area contributed by atoms with E-state index >= 15 is 0 Å². The molecule has 0 aliphatic heterocycles. The van der Waals surface area contributed by atoms with Gasteiger partial charge in [0, 0.05) is 11.1 Å². The molecule has 0 aliphatic carbocycles. The molecular formula is C15H16F2N4O3S. The molecule has 10 heteroatoms. The van der Waals surface area contributed by atoms with Crippen LogP contribution in [0.2, 0.25) is 0 Å². The van der Waals surface area contributed by atoms with Crippen molar-refractivity contribution in [2.24, 2.45) is 11.5 Å². The fourth-order valence-corrected chi connectivity index (χ4v) is 2.62. The van der Waals surface area contributed by atoms with E-state index in [0.29, 0.717) is 0 Å². The van der Waals surface area contributed by atoms with E-state index in [9.17, 15) is 23.2 Å². The van der Waals surface area contributed by atoms with E-state index in [1.807, 2.05) is 0 Å². The second-order valence-corrected chi connectivity index (χ2v) is 5.73. The van der Waals surface area contributed by atoms with Gasteiger partial charge in [0.05, 0.1) is 10.1 Å². The summed E-state index contributed by atoms with van der Waals surface area (Å²) in [5.74, 6) is -3.80. The van der Waals surface area contributed by atoms with Crippen molar-refractivity contribution in [3.63, 3.8) is 0 Å². The summed E-state index contributed by atoms with van der Waals surface area (Å²) in [5, 5.41) is 4.58. The van der Waals surface area contributed by atoms with Gasteiger partial charge in [-0.05, 0) is 24.6 Å². The third-order valence-electron chi connectivity index (χ3n) is 2.82. The minimum atomic E-state index is -1.18. The van der Waals surface area contributed by atoms with Crippen molar-refractivity contribution in [3.05, 3.63) is 57.6 Å². The van der Waals surface area contributed by atoms with Gasteiger partial charge in [-0.15, -0.1) is 0 Å². The van der Waals surface area contributed by atoms with Crippen LogP contribution in [-0.4, -0.2) is 17.8 Å². The highest BCUT2D eigenvalue weighted by Crippen LogP contribution is 2.25. The maximum Gasteiger partial charge on any atom is 0.317 e. The number of halogens is 2. The molecule has 0 fully saturated rings. The van der Waals surface area contributed by atoms with Crippen LogP contribution in [0.5, 0.6) is 0 Å². The Labute approximate surface area is 146 Å². The first kappa shape index (κ1) is 20.2. The number of nitrogens with two attached hydrogens (primary N) is 2. The minimum absolute atomic E-state index is 0.00526. The molecule has 0 spiro atoms. The van der Waals surface area contributed by atoms with Gasteiger partial charge in [0.25, 0.3) is 5.91 Å². The first-order chi connectivity index (χ1) is 11.6. The van der Waals surface area contributed by atoms with E-state index in [-0.39, 0.29) is 27.6 Å². The molecule has 0 aliphatic rings. The Morgan fingerprint density at radius 1 is 1.16 bits per heavy atom. The molecule has 0 atom stereocenters. The molecule has 7 nitrogen and oxygen atoms in total. The van der Waals surface area contributed by atoms with Crippen LogP contribution in [0.4, 0.5) is 13.6 Å². The topological polar surface area (TPSA) is 127 Å². The third-order valence-corrected chi connectivity index (χ3v) is 3.72. The molecule has 0 saturated heterocycles. The number of amides is 4. The van der Waals surface area contributed by atoms with E-state index in [1.54, 1.807) is 6.92 Å². The van der Waals surface area contributed by atoms with Gasteiger partial charge in [-0.1, -0.05) is 25.3 Å². The summed E-state index contributed by atoms with van der Waals surface area (Å²) in [6, 6.07) is 1.68. The Bertz CT molecular complexity index is 765. The zero-order chi connectivity index (χ0) is 19.1. The molecule has 0 unspecified atom stereocenters. The summed E-state index contributed by atoms with van der Waals surface area (Å²) in [5.41, 5.74) is 10.2. The van der Waals surface area contributed by atoms with Crippen molar-refractivity contribution in [1.29, 1.82) is 0 Å². The first-order valence-corrected chi connectivity index (χ1v) is 7.69. The van der Waals surface area contributed by atoms with Gasteiger partial charge in [0.2, 0.25) is 5.91 Å². The number of carbonyl (C=O) groups excluding carboxylic acids is 3. The zero-order valence-electron chi connectivity index (χ0n) is 13.2. The summed E-state index contributed by atoms with van der Waals surface area (Å²) < 4.78 is 26.1. The van der Waals surface area contributed by atoms with E-state index < -0.39 is 29.5 Å². The number of nitrogens with one attached hydrogen (secondary N) is 2. The molecule has 1 aromatic carbocycles. The van der Waals surface area contributed by atoms with Crippen LogP contribution >= 0.6 is 11.8 Å². The molecule has 4 amide bonds. The van der Waals surface area contributed by atoms with Crippen molar-refractivity contribution in [2.45, 2.75) is 13.3 Å². The molecule has 25 heavy (non-hydrogen) atoms. The van der Waals surface area contributed by atoms with Crippen molar-refractivity contribution < 1.29 is 23.2 Å². The normalized spacial score (nSPS) is 11.3. The molecule has 134 valence electrons. The van der Waals surface area contributed by atoms with Crippen LogP contribution in [-0.2, 0) is 4.79 Å². The molecule has 0 bridgehead atoms. The average Bonchev–Trinajstić information content (AvgIpc) is 2.49. The monoisotopic (exact) mass is 370 g/mol. The predicted molar refractivity (Wildman–Crippen MR) is 89.8 cm³/mol. The Kier molecular flexibility index (Phi) is 7.12. The summed E-state index contributed by atoms with van der Waals surface area (Å²) in [6.07, 6.45) is 0.197. The maximum atomic E-state index is 13.2. The smallest absolute Gasteiger partial charge is 0.317 e. The summed E-state index contributed by atoms with van der Waals surface area (Å²) in [6.45, 7) is 5.20. The van der Waals surface area contributed by atoms with Gasteiger partial charge in [0.15, 0.2) is 11.6 Å². The number of benzene rings is 1. The van der Waals surface area contributed by atoms with Crippen LogP contribution in [0.25, 0.3) is 0 Å². The summed E-state index contributed by atoms with van der Waals surface area (Å²) in [4.78, 5) is 34.5. The van der Waals surface area contributed by atoms with Gasteiger partial charge in [-0.25, -0.2) is 13.6 Å². The summed E-state index contributed by atoms with van der Waals surface area (Å²) in [7, 11) is 0. The van der Waals surface area contributed by atoms with Gasteiger partial charge in [-0.2, -0.15) is 0 Å². The molecule has 1 rings (SSSR count). The lowest BCUT2D eigenvalue weighted by atomic mass is 10.2. The Hall–Kier alpha value is -2.88. The SMILES string of the molecule is C=C(NC(=O)c1ccc(F)c(F)c1)S/C(NC(N)=O)=C(\CC)C(N)=O.